The maximum Gasteiger partial charge on any atom is 0.252 e. The Morgan fingerprint density at radius 2 is 1.96 bits per heavy atom. The molecule has 2 amide bonds. The molecule has 0 unspecified atom stereocenters. The summed E-state index contributed by atoms with van der Waals surface area (Å²) in [7, 11) is 0. The standard InChI is InChI=1S/C19H22N2O2S/c22-18(7-4-11-20-19(23)16-10-12-24-14-16)21(17-8-9-17)13-15-5-2-1-3-6-15/h1-3,5-6,10,12,14,17H,4,7-9,11,13H2,(H,20,23). The Kier molecular flexibility index (Phi) is 5.64. The van der Waals surface area contributed by atoms with Crippen molar-refractivity contribution in [2.45, 2.75) is 38.3 Å². The van der Waals surface area contributed by atoms with E-state index in [2.05, 4.69) is 17.4 Å². The number of hydrogen-bond acceptors (Lipinski definition) is 3. The van der Waals surface area contributed by atoms with Crippen LogP contribution in [0.1, 0.15) is 41.6 Å². The molecule has 1 heterocycles. The minimum absolute atomic E-state index is 0.0629. The largest absolute Gasteiger partial charge is 0.352 e. The molecule has 0 spiro atoms. The molecule has 0 bridgehead atoms. The predicted octanol–water partition coefficient (Wildman–Crippen LogP) is 3.45. The molecule has 1 aromatic carbocycles. The number of hydrogen-bond donors (Lipinski definition) is 1. The van der Waals surface area contributed by atoms with Crippen LogP contribution in [0.25, 0.3) is 0 Å². The average molecular weight is 342 g/mol. The summed E-state index contributed by atoms with van der Waals surface area (Å²) in [5, 5.41) is 6.58. The molecule has 1 saturated carbocycles. The highest BCUT2D eigenvalue weighted by Crippen LogP contribution is 2.29. The Balaban J connectivity index is 1.43. The van der Waals surface area contributed by atoms with Crippen LogP contribution in [-0.2, 0) is 11.3 Å². The van der Waals surface area contributed by atoms with Crippen molar-refractivity contribution in [2.75, 3.05) is 6.54 Å². The van der Waals surface area contributed by atoms with Crippen molar-refractivity contribution in [3.63, 3.8) is 0 Å². The highest BCUT2D eigenvalue weighted by atomic mass is 32.1. The first-order valence-corrected chi connectivity index (χ1v) is 9.32. The average Bonchev–Trinajstić information content (AvgIpc) is 3.29. The fraction of sp³-hybridized carbons (Fsp3) is 0.368. The molecule has 3 rings (SSSR count). The Morgan fingerprint density at radius 3 is 2.62 bits per heavy atom. The molecule has 1 aliphatic rings. The third-order valence-corrected chi connectivity index (χ3v) is 4.82. The second-order valence-electron chi connectivity index (χ2n) is 6.11. The van der Waals surface area contributed by atoms with Crippen molar-refractivity contribution in [3.8, 4) is 0 Å². The van der Waals surface area contributed by atoms with Crippen molar-refractivity contribution >= 4 is 23.2 Å². The highest BCUT2D eigenvalue weighted by molar-refractivity contribution is 7.08. The van der Waals surface area contributed by atoms with Crippen LogP contribution in [0.2, 0.25) is 0 Å². The van der Waals surface area contributed by atoms with Crippen LogP contribution >= 0.6 is 11.3 Å². The van der Waals surface area contributed by atoms with Gasteiger partial charge in [0, 0.05) is 36.5 Å². The van der Waals surface area contributed by atoms with E-state index in [-0.39, 0.29) is 11.8 Å². The number of nitrogens with one attached hydrogen (secondary N) is 1. The SMILES string of the molecule is O=C(NCCCC(=O)N(Cc1ccccc1)C1CC1)c1ccsc1. The van der Waals surface area contributed by atoms with Crippen molar-refractivity contribution < 1.29 is 9.59 Å². The fourth-order valence-electron chi connectivity index (χ4n) is 2.67. The van der Waals surface area contributed by atoms with Gasteiger partial charge in [0.05, 0.1) is 0 Å². The van der Waals surface area contributed by atoms with E-state index < -0.39 is 0 Å². The first-order chi connectivity index (χ1) is 11.7. The molecule has 1 aliphatic carbocycles. The summed E-state index contributed by atoms with van der Waals surface area (Å²) < 4.78 is 0. The van der Waals surface area contributed by atoms with Gasteiger partial charge in [-0.2, -0.15) is 11.3 Å². The molecule has 24 heavy (non-hydrogen) atoms. The zero-order valence-electron chi connectivity index (χ0n) is 13.6. The number of thiophene rings is 1. The second-order valence-corrected chi connectivity index (χ2v) is 6.89. The molecule has 1 fully saturated rings. The number of benzene rings is 1. The van der Waals surface area contributed by atoms with Crippen LogP contribution in [0.4, 0.5) is 0 Å². The highest BCUT2D eigenvalue weighted by Gasteiger charge is 2.32. The lowest BCUT2D eigenvalue weighted by atomic mass is 10.2. The molecule has 0 aliphatic heterocycles. The molecule has 0 radical (unpaired) electrons. The molecule has 1 N–H and O–H groups in total. The topological polar surface area (TPSA) is 49.4 Å². The van der Waals surface area contributed by atoms with E-state index in [4.69, 9.17) is 0 Å². The summed E-state index contributed by atoms with van der Waals surface area (Å²) in [5.74, 6) is 0.123. The van der Waals surface area contributed by atoms with Crippen molar-refractivity contribution in [2.24, 2.45) is 0 Å². The van der Waals surface area contributed by atoms with Gasteiger partial charge >= 0.3 is 0 Å². The molecule has 5 heteroatoms. The number of carbonyl (C=O) groups excluding carboxylic acids is 2. The van der Waals surface area contributed by atoms with Crippen LogP contribution in [0.5, 0.6) is 0 Å². The number of carbonyl (C=O) groups is 2. The molecule has 2 aromatic rings. The van der Waals surface area contributed by atoms with E-state index in [0.717, 1.165) is 12.8 Å². The van der Waals surface area contributed by atoms with E-state index >= 15 is 0 Å². The minimum Gasteiger partial charge on any atom is -0.352 e. The smallest absolute Gasteiger partial charge is 0.252 e. The van der Waals surface area contributed by atoms with Gasteiger partial charge in [0.15, 0.2) is 0 Å². The summed E-state index contributed by atoms with van der Waals surface area (Å²) in [6.07, 6.45) is 3.36. The molecule has 0 atom stereocenters. The van der Waals surface area contributed by atoms with Gasteiger partial charge in [-0.15, -0.1) is 0 Å². The van der Waals surface area contributed by atoms with Crippen LogP contribution in [0, 0.1) is 0 Å². The van der Waals surface area contributed by atoms with Gasteiger partial charge in [-0.1, -0.05) is 30.3 Å². The van der Waals surface area contributed by atoms with Gasteiger partial charge in [0.1, 0.15) is 0 Å². The zero-order chi connectivity index (χ0) is 16.8. The molecule has 0 saturated heterocycles. The third-order valence-electron chi connectivity index (χ3n) is 4.14. The van der Waals surface area contributed by atoms with Crippen LogP contribution < -0.4 is 5.32 Å². The van der Waals surface area contributed by atoms with Crippen molar-refractivity contribution in [1.29, 1.82) is 0 Å². The normalized spacial score (nSPS) is 13.5. The first kappa shape index (κ1) is 16.7. The number of rotatable bonds is 8. The summed E-state index contributed by atoms with van der Waals surface area (Å²) in [5.41, 5.74) is 1.86. The van der Waals surface area contributed by atoms with Gasteiger partial charge in [0.2, 0.25) is 5.91 Å². The second kappa shape index (κ2) is 8.11. The quantitative estimate of drug-likeness (QED) is 0.747. The van der Waals surface area contributed by atoms with Crippen LogP contribution in [0.15, 0.2) is 47.2 Å². The summed E-state index contributed by atoms with van der Waals surface area (Å²) in [6, 6.07) is 12.3. The Hall–Kier alpha value is -2.14. The van der Waals surface area contributed by atoms with Crippen LogP contribution in [0.3, 0.4) is 0 Å². The summed E-state index contributed by atoms with van der Waals surface area (Å²) >= 11 is 1.51. The van der Waals surface area contributed by atoms with E-state index in [1.165, 1.54) is 16.9 Å². The maximum absolute atomic E-state index is 12.5. The maximum atomic E-state index is 12.5. The Bertz CT molecular complexity index is 666. The van der Waals surface area contributed by atoms with Crippen molar-refractivity contribution in [3.05, 3.63) is 58.3 Å². The van der Waals surface area contributed by atoms with Gasteiger partial charge in [-0.05, 0) is 36.3 Å². The van der Waals surface area contributed by atoms with Crippen LogP contribution in [-0.4, -0.2) is 29.3 Å². The van der Waals surface area contributed by atoms with E-state index in [9.17, 15) is 9.59 Å². The Labute approximate surface area is 146 Å². The van der Waals surface area contributed by atoms with Crippen molar-refractivity contribution in [1.82, 2.24) is 10.2 Å². The fourth-order valence-corrected chi connectivity index (χ4v) is 3.30. The molecular formula is C19H22N2O2S. The summed E-state index contributed by atoms with van der Waals surface area (Å²) in [6.45, 7) is 1.22. The summed E-state index contributed by atoms with van der Waals surface area (Å²) in [4.78, 5) is 26.4. The lowest BCUT2D eigenvalue weighted by Crippen LogP contribution is -2.33. The van der Waals surface area contributed by atoms with Gasteiger partial charge in [-0.25, -0.2) is 0 Å². The first-order valence-electron chi connectivity index (χ1n) is 8.38. The van der Waals surface area contributed by atoms with Gasteiger partial charge in [0.25, 0.3) is 5.91 Å². The van der Waals surface area contributed by atoms with E-state index in [1.807, 2.05) is 33.9 Å². The monoisotopic (exact) mass is 342 g/mol. The lowest BCUT2D eigenvalue weighted by molar-refractivity contribution is -0.132. The number of amides is 2. The lowest BCUT2D eigenvalue weighted by Gasteiger charge is -2.22. The molecular weight excluding hydrogens is 320 g/mol. The molecule has 1 aromatic heterocycles. The molecule has 4 nitrogen and oxygen atoms in total. The van der Waals surface area contributed by atoms with E-state index in [0.29, 0.717) is 37.5 Å². The zero-order valence-corrected chi connectivity index (χ0v) is 14.4. The Morgan fingerprint density at radius 1 is 1.17 bits per heavy atom. The minimum atomic E-state index is -0.0629. The van der Waals surface area contributed by atoms with E-state index in [1.54, 1.807) is 6.07 Å². The third kappa shape index (κ3) is 4.68. The predicted molar refractivity (Wildman–Crippen MR) is 95.9 cm³/mol. The van der Waals surface area contributed by atoms with Gasteiger partial charge < -0.3 is 10.2 Å². The molecule has 126 valence electrons. The van der Waals surface area contributed by atoms with Gasteiger partial charge in [-0.3, -0.25) is 9.59 Å². The number of nitrogens with zero attached hydrogens (tertiary/aromatic N) is 1.